The fourth-order valence-corrected chi connectivity index (χ4v) is 5.11. The van der Waals surface area contributed by atoms with E-state index in [-0.39, 0.29) is 11.7 Å². The molecule has 0 aliphatic rings. The van der Waals surface area contributed by atoms with Crippen molar-refractivity contribution in [2.45, 2.75) is 19.1 Å². The van der Waals surface area contributed by atoms with Crippen LogP contribution in [0, 0.1) is 5.41 Å². The molecule has 0 saturated carbocycles. The molecule has 0 bridgehead atoms. The van der Waals surface area contributed by atoms with Gasteiger partial charge in [0.1, 0.15) is 0 Å². The topological polar surface area (TPSA) is 135 Å². The van der Waals surface area contributed by atoms with Crippen molar-refractivity contribution < 1.29 is 9.84 Å². The van der Waals surface area contributed by atoms with Gasteiger partial charge < -0.3 is 20.3 Å². The molecule has 0 aromatic carbocycles. The summed E-state index contributed by atoms with van der Waals surface area (Å²) in [7, 11) is 1.45. The molecule has 4 aromatic rings. The maximum atomic E-state index is 12.0. The Hall–Kier alpha value is -3.15. The van der Waals surface area contributed by atoms with Crippen LogP contribution in [0.5, 0.6) is 5.88 Å². The second-order valence-electron chi connectivity index (χ2n) is 6.30. The minimum atomic E-state index is -1.43. The lowest BCUT2D eigenvalue weighted by Gasteiger charge is -2.26. The van der Waals surface area contributed by atoms with E-state index in [0.717, 1.165) is 9.75 Å². The molecule has 0 radical (unpaired) electrons. The van der Waals surface area contributed by atoms with Crippen LogP contribution >= 0.6 is 22.7 Å². The van der Waals surface area contributed by atoms with Gasteiger partial charge in [-0.2, -0.15) is 4.98 Å². The van der Waals surface area contributed by atoms with Crippen molar-refractivity contribution >= 4 is 39.7 Å². The molecule has 4 heterocycles. The molecule has 0 amide bonds. The predicted molar refractivity (Wildman–Crippen MR) is 116 cm³/mol. The number of methoxy groups -OCH3 is 1. The number of rotatable bonds is 6. The standard InChI is InChI=1S/C19H19N7O2S2/c1-3-26-12-10-11(15(20)24-25-21)17(28-2)22-16(12)23-18(26)19(27,13-6-4-8-29-13)14-7-5-9-30-14/h4-10,27H,3H2,1-2H3,(H3,20,21,24). The van der Waals surface area contributed by atoms with Crippen molar-refractivity contribution in [2.75, 3.05) is 7.11 Å². The fourth-order valence-electron chi connectivity index (χ4n) is 3.38. The Bertz CT molecular complexity index is 1180. The zero-order valence-electron chi connectivity index (χ0n) is 16.2. The zero-order valence-corrected chi connectivity index (χ0v) is 17.9. The van der Waals surface area contributed by atoms with E-state index in [1.165, 1.54) is 29.8 Å². The zero-order chi connectivity index (χ0) is 21.3. The summed E-state index contributed by atoms with van der Waals surface area (Å²) in [6, 6.07) is 9.29. The molecule has 0 aliphatic carbocycles. The van der Waals surface area contributed by atoms with Crippen LogP contribution < -0.4 is 10.6 Å². The van der Waals surface area contributed by atoms with Crippen LogP contribution in [0.3, 0.4) is 0 Å². The maximum Gasteiger partial charge on any atom is 0.226 e. The van der Waals surface area contributed by atoms with E-state index < -0.39 is 5.60 Å². The van der Waals surface area contributed by atoms with Crippen LogP contribution in [0.25, 0.3) is 11.2 Å². The summed E-state index contributed by atoms with van der Waals surface area (Å²) in [5.74, 6) is 5.56. The molecule has 4 rings (SSSR count). The van der Waals surface area contributed by atoms with E-state index in [1.807, 2.05) is 46.5 Å². The summed E-state index contributed by atoms with van der Waals surface area (Å²) in [5.41, 5.74) is -0.0592. The Morgan fingerprint density at radius 1 is 1.27 bits per heavy atom. The molecular weight excluding hydrogens is 422 g/mol. The minimum absolute atomic E-state index is 0.180. The monoisotopic (exact) mass is 441 g/mol. The van der Waals surface area contributed by atoms with Crippen molar-refractivity contribution in [3.63, 3.8) is 0 Å². The molecule has 0 unspecified atom stereocenters. The predicted octanol–water partition coefficient (Wildman–Crippen LogP) is 3.52. The molecule has 0 spiro atoms. The number of imidazole rings is 1. The van der Waals surface area contributed by atoms with Crippen molar-refractivity contribution in [2.24, 2.45) is 16.2 Å². The number of thiophene rings is 2. The molecular formula is C19H19N7O2S2. The molecule has 9 nitrogen and oxygen atoms in total. The lowest BCUT2D eigenvalue weighted by molar-refractivity contribution is 0.119. The highest BCUT2D eigenvalue weighted by molar-refractivity contribution is 7.11. The third-order valence-corrected chi connectivity index (χ3v) is 6.67. The Balaban J connectivity index is 2.02. The van der Waals surface area contributed by atoms with Crippen molar-refractivity contribution in [1.82, 2.24) is 14.5 Å². The first kappa shape index (κ1) is 20.1. The quantitative estimate of drug-likeness (QED) is 0.138. The van der Waals surface area contributed by atoms with Gasteiger partial charge in [-0.05, 0) is 35.9 Å². The van der Waals surface area contributed by atoms with E-state index >= 15 is 0 Å². The van der Waals surface area contributed by atoms with Crippen molar-refractivity contribution in [3.05, 3.63) is 62.2 Å². The molecule has 0 aliphatic heterocycles. The lowest BCUT2D eigenvalue weighted by Crippen LogP contribution is -2.30. The number of aliphatic hydroxyl groups is 1. The Kier molecular flexibility index (Phi) is 5.33. The third kappa shape index (κ3) is 3.07. The second-order valence-corrected chi connectivity index (χ2v) is 8.19. The average molecular weight is 442 g/mol. The van der Waals surface area contributed by atoms with E-state index in [4.69, 9.17) is 21.0 Å². The van der Waals surface area contributed by atoms with Gasteiger partial charge in [0, 0.05) is 16.3 Å². The van der Waals surface area contributed by atoms with Gasteiger partial charge in [0.25, 0.3) is 0 Å². The smallest absolute Gasteiger partial charge is 0.226 e. The van der Waals surface area contributed by atoms with E-state index in [2.05, 4.69) is 15.3 Å². The molecule has 4 aromatic heterocycles. The number of amidine groups is 1. The van der Waals surface area contributed by atoms with Crippen molar-refractivity contribution in [3.8, 4) is 5.88 Å². The first-order chi connectivity index (χ1) is 14.5. The molecule has 4 N–H and O–H groups in total. The van der Waals surface area contributed by atoms with Gasteiger partial charge in [-0.15, -0.1) is 27.8 Å². The van der Waals surface area contributed by atoms with Gasteiger partial charge in [-0.25, -0.2) is 4.98 Å². The third-order valence-electron chi connectivity index (χ3n) is 4.71. The first-order valence-electron chi connectivity index (χ1n) is 9.00. The molecule has 0 saturated heterocycles. The first-order valence-corrected chi connectivity index (χ1v) is 10.8. The number of nitrogens with zero attached hydrogens (tertiary/aromatic N) is 5. The number of nitrogens with two attached hydrogens (primary N) is 1. The molecule has 0 fully saturated rings. The average Bonchev–Trinajstić information content (AvgIpc) is 3.52. The number of aromatic nitrogens is 3. The van der Waals surface area contributed by atoms with Gasteiger partial charge in [-0.1, -0.05) is 17.4 Å². The van der Waals surface area contributed by atoms with Crippen LogP contribution in [0.2, 0.25) is 0 Å². The summed E-state index contributed by atoms with van der Waals surface area (Å²) in [5, 5.41) is 30.7. The Labute approximate surface area is 180 Å². The highest BCUT2D eigenvalue weighted by Gasteiger charge is 2.41. The van der Waals surface area contributed by atoms with Crippen LogP contribution in [-0.4, -0.2) is 32.6 Å². The lowest BCUT2D eigenvalue weighted by atomic mass is 9.98. The maximum absolute atomic E-state index is 12.0. The van der Waals surface area contributed by atoms with Gasteiger partial charge in [0.15, 0.2) is 22.9 Å². The summed E-state index contributed by atoms with van der Waals surface area (Å²) in [6.45, 7) is 2.49. The van der Waals surface area contributed by atoms with Gasteiger partial charge >= 0.3 is 0 Å². The van der Waals surface area contributed by atoms with Gasteiger partial charge in [0.2, 0.25) is 5.88 Å². The summed E-state index contributed by atoms with van der Waals surface area (Å²) in [4.78, 5) is 10.7. The number of hydrogen-bond acceptors (Lipinski definition) is 8. The van der Waals surface area contributed by atoms with E-state index in [9.17, 15) is 5.11 Å². The number of aryl methyl sites for hydroxylation is 1. The minimum Gasteiger partial charge on any atom is -0.480 e. The number of ether oxygens (including phenoxy) is 1. The molecule has 0 atom stereocenters. The molecule has 154 valence electrons. The second kappa shape index (κ2) is 7.94. The van der Waals surface area contributed by atoms with Crippen LogP contribution in [0.4, 0.5) is 0 Å². The summed E-state index contributed by atoms with van der Waals surface area (Å²) in [6.07, 6.45) is 0. The van der Waals surface area contributed by atoms with Crippen LogP contribution in [-0.2, 0) is 12.1 Å². The number of hydrogen-bond donors (Lipinski definition) is 3. The highest BCUT2D eigenvalue weighted by Crippen LogP contribution is 2.42. The summed E-state index contributed by atoms with van der Waals surface area (Å²) >= 11 is 2.91. The molecule has 30 heavy (non-hydrogen) atoms. The SMILES string of the molecule is CCn1c(C(O)(c2cccs2)c2cccs2)nc2nc(OC)c(C(=N)N=NN)cc21. The normalized spacial score (nSPS) is 12.1. The number of pyridine rings is 1. The van der Waals surface area contributed by atoms with E-state index in [1.54, 1.807) is 6.07 Å². The summed E-state index contributed by atoms with van der Waals surface area (Å²) < 4.78 is 7.22. The largest absolute Gasteiger partial charge is 0.480 e. The van der Waals surface area contributed by atoms with E-state index in [0.29, 0.717) is 29.1 Å². The number of fused-ring (bicyclic) bond motifs is 1. The fraction of sp³-hybridized carbons (Fsp3) is 0.211. The molecule has 11 heteroatoms. The van der Waals surface area contributed by atoms with Crippen molar-refractivity contribution in [1.29, 1.82) is 5.41 Å². The highest BCUT2D eigenvalue weighted by atomic mass is 32.1. The van der Waals surface area contributed by atoms with Gasteiger partial charge in [-0.3, -0.25) is 5.41 Å². The Morgan fingerprint density at radius 3 is 2.43 bits per heavy atom. The van der Waals surface area contributed by atoms with Crippen LogP contribution in [0.15, 0.2) is 51.4 Å². The number of nitrogens with one attached hydrogen (secondary N) is 1. The van der Waals surface area contributed by atoms with Crippen LogP contribution in [0.1, 0.15) is 28.1 Å². The van der Waals surface area contributed by atoms with Gasteiger partial charge in [0.05, 0.1) is 18.2 Å². The Morgan fingerprint density at radius 2 is 1.93 bits per heavy atom.